The van der Waals surface area contributed by atoms with E-state index in [0.29, 0.717) is 11.4 Å². The van der Waals surface area contributed by atoms with Gasteiger partial charge in [-0.3, -0.25) is 9.59 Å². The number of amides is 1. The highest BCUT2D eigenvalue weighted by Crippen LogP contribution is 2.33. The second kappa shape index (κ2) is 7.52. The molecule has 0 bridgehead atoms. The van der Waals surface area contributed by atoms with E-state index in [0.717, 1.165) is 16.9 Å². The number of anilines is 1. The third-order valence-electron chi connectivity index (χ3n) is 3.77. The summed E-state index contributed by atoms with van der Waals surface area (Å²) < 4.78 is 10.6. The van der Waals surface area contributed by atoms with E-state index >= 15 is 0 Å². The van der Waals surface area contributed by atoms with Gasteiger partial charge in [0.15, 0.2) is 0 Å². The van der Waals surface area contributed by atoms with E-state index in [1.807, 2.05) is 30.3 Å². The lowest BCUT2D eigenvalue weighted by molar-refractivity contribution is 0.102. The van der Waals surface area contributed by atoms with Crippen LogP contribution in [0, 0.1) is 0 Å². The van der Waals surface area contributed by atoms with E-state index in [1.54, 1.807) is 26.4 Å². The second-order valence-electron chi connectivity index (χ2n) is 5.40. The summed E-state index contributed by atoms with van der Waals surface area (Å²) >= 11 is 0. The monoisotopic (exact) mass is 351 g/mol. The van der Waals surface area contributed by atoms with Gasteiger partial charge < -0.3 is 14.8 Å². The largest absolute Gasteiger partial charge is 0.497 e. The lowest BCUT2D eigenvalue weighted by Gasteiger charge is -2.12. The molecule has 1 heterocycles. The fourth-order valence-corrected chi connectivity index (χ4v) is 2.45. The van der Waals surface area contributed by atoms with E-state index in [1.165, 1.54) is 12.1 Å². The molecule has 3 aromatic rings. The Bertz CT molecular complexity index is 960. The molecule has 0 unspecified atom stereocenters. The number of rotatable bonds is 5. The highest BCUT2D eigenvalue weighted by Gasteiger charge is 2.11. The minimum atomic E-state index is -0.424. The zero-order valence-corrected chi connectivity index (χ0v) is 14.3. The molecule has 0 atom stereocenters. The van der Waals surface area contributed by atoms with E-state index in [9.17, 15) is 9.59 Å². The second-order valence-corrected chi connectivity index (χ2v) is 5.40. The molecule has 7 nitrogen and oxygen atoms in total. The molecule has 0 fully saturated rings. The maximum Gasteiger partial charge on any atom is 0.276 e. The molecule has 3 rings (SSSR count). The number of hydrogen-bond donors (Lipinski definition) is 2. The first kappa shape index (κ1) is 17.2. The van der Waals surface area contributed by atoms with Gasteiger partial charge in [0, 0.05) is 17.3 Å². The topological polar surface area (TPSA) is 93.3 Å². The van der Waals surface area contributed by atoms with E-state index < -0.39 is 5.91 Å². The maximum absolute atomic E-state index is 12.3. The van der Waals surface area contributed by atoms with Crippen LogP contribution in [0.15, 0.2) is 59.4 Å². The molecule has 2 N–H and O–H groups in total. The van der Waals surface area contributed by atoms with Gasteiger partial charge in [0.05, 0.1) is 14.2 Å². The highest BCUT2D eigenvalue weighted by atomic mass is 16.5. The van der Waals surface area contributed by atoms with Crippen LogP contribution in [-0.4, -0.2) is 30.3 Å². The number of carbonyl (C=O) groups is 1. The van der Waals surface area contributed by atoms with Crippen molar-refractivity contribution in [2.24, 2.45) is 0 Å². The number of carbonyl (C=O) groups excluding carboxylic acids is 1. The molecule has 1 amide bonds. The Hall–Kier alpha value is -3.61. The number of H-pyrrole nitrogens is 1. The van der Waals surface area contributed by atoms with Gasteiger partial charge in [-0.15, -0.1) is 0 Å². The predicted molar refractivity (Wildman–Crippen MR) is 97.8 cm³/mol. The lowest BCUT2D eigenvalue weighted by atomic mass is 10.0. The van der Waals surface area contributed by atoms with Crippen molar-refractivity contribution < 1.29 is 14.3 Å². The molecule has 1 aromatic heterocycles. The van der Waals surface area contributed by atoms with Gasteiger partial charge in [-0.05, 0) is 42.0 Å². The molecular formula is C19H17N3O4. The van der Waals surface area contributed by atoms with Crippen LogP contribution in [0.25, 0.3) is 11.1 Å². The van der Waals surface area contributed by atoms with Crippen LogP contribution in [0.1, 0.15) is 10.5 Å². The summed E-state index contributed by atoms with van der Waals surface area (Å²) in [4.78, 5) is 23.3. The summed E-state index contributed by atoms with van der Waals surface area (Å²) in [5, 5.41) is 8.71. The van der Waals surface area contributed by atoms with Gasteiger partial charge in [0.2, 0.25) is 0 Å². The number of nitrogens with zero attached hydrogens (tertiary/aromatic N) is 1. The number of aromatic amines is 1. The maximum atomic E-state index is 12.3. The molecule has 0 saturated carbocycles. The zero-order valence-electron chi connectivity index (χ0n) is 14.3. The summed E-state index contributed by atoms with van der Waals surface area (Å²) in [5.41, 5.74) is 2.07. The van der Waals surface area contributed by atoms with Gasteiger partial charge >= 0.3 is 0 Å². The number of ether oxygens (including phenoxy) is 2. The molecule has 132 valence electrons. The first-order chi connectivity index (χ1) is 12.6. The molecule has 7 heteroatoms. The molecule has 26 heavy (non-hydrogen) atoms. The van der Waals surface area contributed by atoms with Gasteiger partial charge in [-0.1, -0.05) is 12.1 Å². The van der Waals surface area contributed by atoms with Gasteiger partial charge in [0.25, 0.3) is 11.5 Å². The van der Waals surface area contributed by atoms with Crippen LogP contribution in [0.3, 0.4) is 0 Å². The Morgan fingerprint density at radius 3 is 2.38 bits per heavy atom. The average molecular weight is 351 g/mol. The van der Waals surface area contributed by atoms with Gasteiger partial charge in [0.1, 0.15) is 17.2 Å². The first-order valence-corrected chi connectivity index (χ1v) is 7.80. The quantitative estimate of drug-likeness (QED) is 0.737. The number of methoxy groups -OCH3 is 2. The minimum absolute atomic E-state index is 0.117. The van der Waals surface area contributed by atoms with E-state index in [4.69, 9.17) is 9.47 Å². The van der Waals surface area contributed by atoms with Gasteiger partial charge in [-0.2, -0.15) is 5.10 Å². The molecule has 0 aliphatic heterocycles. The molecule has 0 spiro atoms. The third kappa shape index (κ3) is 3.72. The summed E-state index contributed by atoms with van der Waals surface area (Å²) in [6.45, 7) is 0. The van der Waals surface area contributed by atoms with Crippen molar-refractivity contribution in [3.05, 3.63) is 70.6 Å². The smallest absolute Gasteiger partial charge is 0.276 e. The van der Waals surface area contributed by atoms with Crippen LogP contribution in [-0.2, 0) is 0 Å². The van der Waals surface area contributed by atoms with Crippen molar-refractivity contribution in [2.45, 2.75) is 0 Å². The lowest BCUT2D eigenvalue weighted by Crippen LogP contribution is -2.17. The average Bonchev–Trinajstić information content (AvgIpc) is 2.68. The Balaban J connectivity index is 1.90. The van der Waals surface area contributed by atoms with Crippen LogP contribution in [0.2, 0.25) is 0 Å². The number of nitrogens with one attached hydrogen (secondary N) is 2. The third-order valence-corrected chi connectivity index (χ3v) is 3.77. The number of aromatic nitrogens is 2. The first-order valence-electron chi connectivity index (χ1n) is 7.80. The van der Waals surface area contributed by atoms with E-state index in [-0.39, 0.29) is 11.3 Å². The molecule has 2 aromatic carbocycles. The molecule has 0 aliphatic carbocycles. The number of benzene rings is 2. The van der Waals surface area contributed by atoms with Crippen molar-refractivity contribution in [3.63, 3.8) is 0 Å². The van der Waals surface area contributed by atoms with Crippen molar-refractivity contribution in [1.29, 1.82) is 0 Å². The molecule has 0 aliphatic rings. The zero-order chi connectivity index (χ0) is 18.5. The van der Waals surface area contributed by atoms with Crippen molar-refractivity contribution in [3.8, 4) is 22.6 Å². The minimum Gasteiger partial charge on any atom is -0.497 e. The Morgan fingerprint density at radius 2 is 1.77 bits per heavy atom. The van der Waals surface area contributed by atoms with Crippen molar-refractivity contribution in [1.82, 2.24) is 10.2 Å². The van der Waals surface area contributed by atoms with Crippen molar-refractivity contribution in [2.75, 3.05) is 19.5 Å². The molecule has 0 saturated heterocycles. The Labute approximate surface area is 149 Å². The summed E-state index contributed by atoms with van der Waals surface area (Å²) in [6.07, 6.45) is 0. The fourth-order valence-electron chi connectivity index (χ4n) is 2.45. The summed E-state index contributed by atoms with van der Waals surface area (Å²) in [6, 6.07) is 15.4. The summed E-state index contributed by atoms with van der Waals surface area (Å²) in [5.74, 6) is 1.00. The van der Waals surface area contributed by atoms with Gasteiger partial charge in [-0.25, -0.2) is 5.10 Å². The summed E-state index contributed by atoms with van der Waals surface area (Å²) in [7, 11) is 3.20. The van der Waals surface area contributed by atoms with E-state index in [2.05, 4.69) is 15.5 Å². The SMILES string of the molecule is COc1ccc(-c2cc(NC(=O)c3ccc(=O)[nH]n3)ccc2OC)cc1. The highest BCUT2D eigenvalue weighted by molar-refractivity contribution is 6.03. The van der Waals surface area contributed by atoms with Crippen LogP contribution in [0.4, 0.5) is 5.69 Å². The van der Waals surface area contributed by atoms with Crippen LogP contribution < -0.4 is 20.3 Å². The molecule has 0 radical (unpaired) electrons. The number of hydrogen-bond acceptors (Lipinski definition) is 5. The standard InChI is InChI=1S/C19H17N3O4/c1-25-14-6-3-12(4-7-14)15-11-13(5-9-17(15)26-2)20-19(24)16-8-10-18(23)22-21-16/h3-11H,1-2H3,(H,20,24)(H,22,23). The van der Waals surface area contributed by atoms with Crippen molar-refractivity contribution >= 4 is 11.6 Å². The Morgan fingerprint density at radius 1 is 1.00 bits per heavy atom. The van der Waals surface area contributed by atoms with Crippen LogP contribution >= 0.6 is 0 Å². The Kier molecular flexibility index (Phi) is 4.98. The van der Waals surface area contributed by atoms with Crippen LogP contribution in [0.5, 0.6) is 11.5 Å². The predicted octanol–water partition coefficient (Wildman–Crippen LogP) is 2.71. The fraction of sp³-hybridized carbons (Fsp3) is 0.105. The molecular weight excluding hydrogens is 334 g/mol. The normalized spacial score (nSPS) is 10.2.